The number of nitrogens with zero attached hydrogens (tertiary/aromatic N) is 1. The Morgan fingerprint density at radius 3 is 2.39 bits per heavy atom. The topological polar surface area (TPSA) is 39.1 Å². The van der Waals surface area contributed by atoms with Gasteiger partial charge in [0.05, 0.1) is 10.4 Å². The highest BCUT2D eigenvalue weighted by atomic mass is 79.9. The summed E-state index contributed by atoms with van der Waals surface area (Å²) < 4.78 is 29.3. The summed E-state index contributed by atoms with van der Waals surface area (Å²) in [4.78, 5) is 0.256. The Hall–Kier alpha value is -2.08. The number of halogens is 2. The lowest BCUT2D eigenvalue weighted by Gasteiger charge is -2.14. The molecular weight excluding hydrogens is 458 g/mol. The van der Waals surface area contributed by atoms with Gasteiger partial charge in [-0.25, -0.2) is 12.4 Å². The summed E-state index contributed by atoms with van der Waals surface area (Å²) in [6.45, 7) is 1.93. The van der Waals surface area contributed by atoms with Crippen molar-refractivity contribution < 1.29 is 8.42 Å². The lowest BCUT2D eigenvalue weighted by Crippen LogP contribution is -2.16. The first-order valence-corrected chi connectivity index (χ1v) is 11.3. The van der Waals surface area contributed by atoms with Gasteiger partial charge < -0.3 is 0 Å². The first kappa shape index (κ1) is 19.2. The minimum atomic E-state index is -3.78. The van der Waals surface area contributed by atoms with E-state index in [4.69, 9.17) is 11.6 Å². The van der Waals surface area contributed by atoms with Crippen molar-refractivity contribution in [3.05, 3.63) is 99.1 Å². The van der Waals surface area contributed by atoms with Gasteiger partial charge in [0.2, 0.25) is 0 Å². The summed E-state index contributed by atoms with van der Waals surface area (Å²) in [5, 5.41) is 1.47. The average molecular weight is 475 g/mol. The van der Waals surface area contributed by atoms with Crippen LogP contribution in [0.25, 0.3) is 10.9 Å². The molecule has 6 heteroatoms. The third kappa shape index (κ3) is 3.39. The van der Waals surface area contributed by atoms with Gasteiger partial charge >= 0.3 is 0 Å². The highest BCUT2D eigenvalue weighted by molar-refractivity contribution is 9.10. The summed E-state index contributed by atoms with van der Waals surface area (Å²) in [5.74, 6) is 0. The van der Waals surface area contributed by atoms with Crippen LogP contribution < -0.4 is 0 Å². The minimum Gasteiger partial charge on any atom is -0.236 e. The van der Waals surface area contributed by atoms with Crippen LogP contribution in [0.4, 0.5) is 0 Å². The fourth-order valence-corrected chi connectivity index (χ4v) is 5.73. The van der Waals surface area contributed by atoms with E-state index in [9.17, 15) is 8.42 Å². The van der Waals surface area contributed by atoms with Gasteiger partial charge in [0, 0.05) is 27.0 Å². The molecule has 0 fully saturated rings. The first-order valence-electron chi connectivity index (χ1n) is 8.72. The molecule has 0 spiro atoms. The molecule has 0 aliphatic rings. The van der Waals surface area contributed by atoms with Crippen molar-refractivity contribution in [3.8, 4) is 0 Å². The second-order valence-corrected chi connectivity index (χ2v) is 9.71. The number of para-hydroxylation sites is 1. The van der Waals surface area contributed by atoms with Crippen LogP contribution in [-0.4, -0.2) is 12.4 Å². The monoisotopic (exact) mass is 473 g/mol. The predicted octanol–water partition coefficient (Wildman–Crippen LogP) is 6.19. The lowest BCUT2D eigenvalue weighted by atomic mass is 10.1. The van der Waals surface area contributed by atoms with Crippen LogP contribution in [0.15, 0.2) is 82.2 Å². The van der Waals surface area contributed by atoms with Crippen molar-refractivity contribution in [2.75, 3.05) is 0 Å². The van der Waals surface area contributed by atoms with Gasteiger partial charge in [-0.05, 0) is 58.7 Å². The lowest BCUT2D eigenvalue weighted by molar-refractivity contribution is 0.587. The van der Waals surface area contributed by atoms with Crippen LogP contribution in [-0.2, 0) is 16.4 Å². The molecule has 3 nitrogen and oxygen atoms in total. The molecule has 0 bridgehead atoms. The summed E-state index contributed by atoms with van der Waals surface area (Å²) in [7, 11) is -3.78. The van der Waals surface area contributed by atoms with E-state index in [2.05, 4.69) is 15.9 Å². The molecule has 3 aromatic carbocycles. The molecule has 1 heterocycles. The Labute approximate surface area is 177 Å². The Balaban J connectivity index is 1.98. The molecule has 4 aromatic rings. The van der Waals surface area contributed by atoms with Crippen molar-refractivity contribution in [1.82, 2.24) is 3.97 Å². The molecule has 0 saturated heterocycles. The molecule has 1 aromatic heterocycles. The van der Waals surface area contributed by atoms with E-state index in [0.29, 0.717) is 22.7 Å². The zero-order valence-corrected chi connectivity index (χ0v) is 18.2. The number of hydrogen-bond acceptors (Lipinski definition) is 2. The third-order valence-electron chi connectivity index (χ3n) is 4.69. The number of aromatic nitrogens is 1. The molecule has 4 rings (SSSR count). The van der Waals surface area contributed by atoms with Gasteiger partial charge in [-0.1, -0.05) is 59.6 Å². The largest absolute Gasteiger partial charge is 0.268 e. The maximum Gasteiger partial charge on any atom is 0.268 e. The van der Waals surface area contributed by atoms with Crippen molar-refractivity contribution in [2.45, 2.75) is 18.2 Å². The molecule has 0 saturated carbocycles. The Morgan fingerprint density at radius 2 is 1.68 bits per heavy atom. The van der Waals surface area contributed by atoms with Gasteiger partial charge in [-0.15, -0.1) is 0 Å². The van der Waals surface area contributed by atoms with E-state index >= 15 is 0 Å². The molecule has 0 N–H and O–H groups in total. The maximum atomic E-state index is 13.6. The van der Waals surface area contributed by atoms with Crippen LogP contribution in [0.3, 0.4) is 0 Å². The fourth-order valence-electron chi connectivity index (χ4n) is 3.29. The van der Waals surface area contributed by atoms with E-state index in [-0.39, 0.29) is 4.90 Å². The van der Waals surface area contributed by atoms with Crippen molar-refractivity contribution in [2.24, 2.45) is 0 Å². The number of benzene rings is 3. The molecule has 28 heavy (non-hydrogen) atoms. The summed E-state index contributed by atoms with van der Waals surface area (Å²) >= 11 is 9.86. The number of aryl methyl sites for hydroxylation is 1. The smallest absolute Gasteiger partial charge is 0.236 e. The zero-order chi connectivity index (χ0) is 19.9. The van der Waals surface area contributed by atoms with Crippen LogP contribution in [0.1, 0.15) is 16.8 Å². The second kappa shape index (κ2) is 7.39. The van der Waals surface area contributed by atoms with E-state index in [1.807, 2.05) is 55.5 Å². The van der Waals surface area contributed by atoms with Gasteiger partial charge in [0.1, 0.15) is 0 Å². The van der Waals surface area contributed by atoms with Gasteiger partial charge in [-0.2, -0.15) is 0 Å². The molecule has 0 aliphatic carbocycles. The van der Waals surface area contributed by atoms with E-state index < -0.39 is 10.0 Å². The quantitative estimate of drug-likeness (QED) is 0.353. The van der Waals surface area contributed by atoms with Crippen LogP contribution in [0.5, 0.6) is 0 Å². The molecular formula is C22H17BrClNO2S. The normalized spacial score (nSPS) is 11.8. The molecule has 0 atom stereocenters. The van der Waals surface area contributed by atoms with Gasteiger partial charge in [0.25, 0.3) is 10.0 Å². The summed E-state index contributed by atoms with van der Waals surface area (Å²) in [6.07, 6.45) is 0.409. The average Bonchev–Trinajstić information content (AvgIpc) is 3.04. The number of rotatable bonds is 4. The first-order chi connectivity index (χ1) is 13.4. The Morgan fingerprint density at radius 1 is 0.964 bits per heavy atom. The second-order valence-electron chi connectivity index (χ2n) is 6.66. The molecule has 142 valence electrons. The third-order valence-corrected chi connectivity index (χ3v) is 7.47. The van der Waals surface area contributed by atoms with E-state index in [1.54, 1.807) is 24.3 Å². The molecule has 0 amide bonds. The summed E-state index contributed by atoms with van der Waals surface area (Å²) in [5.41, 5.74) is 3.18. The van der Waals surface area contributed by atoms with Crippen molar-refractivity contribution in [1.29, 1.82) is 0 Å². The highest BCUT2D eigenvalue weighted by Gasteiger charge is 2.24. The summed E-state index contributed by atoms with van der Waals surface area (Å²) in [6, 6.07) is 22.0. The molecule has 0 unspecified atom stereocenters. The van der Waals surface area contributed by atoms with Crippen LogP contribution >= 0.6 is 27.5 Å². The van der Waals surface area contributed by atoms with Gasteiger partial charge in [0.15, 0.2) is 0 Å². The molecule has 0 aliphatic heterocycles. The van der Waals surface area contributed by atoms with Gasteiger partial charge in [-0.3, -0.25) is 0 Å². The SMILES string of the molecule is Cc1ccc(S(=O)(=O)n2c(Cc3ccccc3Cl)cc3cccc(Br)c32)cc1. The standard InChI is InChI=1S/C22H17BrClNO2S/c1-15-9-11-19(12-10-15)28(26,27)25-18(13-16-5-2-3-8-21(16)24)14-17-6-4-7-20(23)22(17)25/h2-12,14H,13H2,1H3. The highest BCUT2D eigenvalue weighted by Crippen LogP contribution is 2.33. The van der Waals surface area contributed by atoms with Crippen LogP contribution in [0.2, 0.25) is 5.02 Å². The number of fused-ring (bicyclic) bond motifs is 1. The van der Waals surface area contributed by atoms with Crippen LogP contribution in [0, 0.1) is 6.92 Å². The minimum absolute atomic E-state index is 0.256. The van der Waals surface area contributed by atoms with Crippen molar-refractivity contribution in [3.63, 3.8) is 0 Å². The van der Waals surface area contributed by atoms with E-state index in [0.717, 1.165) is 21.0 Å². The Kier molecular flexibility index (Phi) is 5.08. The fraction of sp³-hybridized carbons (Fsp3) is 0.0909. The molecule has 0 radical (unpaired) electrons. The van der Waals surface area contributed by atoms with Crippen molar-refractivity contribution >= 4 is 48.5 Å². The maximum absolute atomic E-state index is 13.6. The van der Waals surface area contributed by atoms with E-state index in [1.165, 1.54) is 3.97 Å². The Bertz CT molecular complexity index is 1280. The predicted molar refractivity (Wildman–Crippen MR) is 118 cm³/mol. The number of hydrogen-bond donors (Lipinski definition) is 0. The zero-order valence-electron chi connectivity index (χ0n) is 15.1.